The number of imide groups is 1. The largest absolute Gasteiger partial charge is 0.388 e. The number of unbranched alkanes of at least 4 members (excludes halogenated alkanes) is 3. The molecule has 1 aromatic carbocycles. The number of nitrogens with zero attached hydrogens (tertiary/aromatic N) is 1. The van der Waals surface area contributed by atoms with Crippen LogP contribution in [0.1, 0.15) is 59.7 Å². The van der Waals surface area contributed by atoms with Crippen LogP contribution in [0.2, 0.25) is 0 Å². The van der Waals surface area contributed by atoms with Gasteiger partial charge in [0.15, 0.2) is 0 Å². The maximum atomic E-state index is 12.3. The molecule has 2 radical (unpaired) electrons. The van der Waals surface area contributed by atoms with Crippen LogP contribution in [0.3, 0.4) is 0 Å². The lowest BCUT2D eigenvalue weighted by Crippen LogP contribution is -2.35. The summed E-state index contributed by atoms with van der Waals surface area (Å²) in [5.41, 5.74) is 0.994. The highest BCUT2D eigenvalue weighted by Gasteiger charge is 2.40. The Kier molecular flexibility index (Phi) is 6.68. The van der Waals surface area contributed by atoms with E-state index >= 15 is 0 Å². The van der Waals surface area contributed by atoms with Crippen molar-refractivity contribution in [2.45, 2.75) is 63.3 Å². The molecule has 1 fully saturated rings. The molecule has 1 unspecified atom stereocenters. The Balaban J connectivity index is 1.33. The van der Waals surface area contributed by atoms with Gasteiger partial charge < -0.3 is 14.6 Å². The number of fused-ring (bicyclic) bond motifs is 1. The number of hydrogen-bond donors (Lipinski definition) is 1. The zero-order valence-electron chi connectivity index (χ0n) is 15.7. The third-order valence-corrected chi connectivity index (χ3v) is 5.24. The number of ether oxygens (including phenoxy) is 2. The highest BCUT2D eigenvalue weighted by atomic mass is 16.6. The maximum Gasteiger partial charge on any atom is 0.261 e. The lowest BCUT2D eigenvalue weighted by Gasteiger charge is -2.20. The molecule has 0 saturated carbocycles. The second kappa shape index (κ2) is 9.00. The summed E-state index contributed by atoms with van der Waals surface area (Å²) < 4.78 is 11.2. The zero-order chi connectivity index (χ0) is 19.4. The number of benzene rings is 1. The predicted molar refractivity (Wildman–Crippen MR) is 101 cm³/mol. The lowest BCUT2D eigenvalue weighted by molar-refractivity contribution is -0.0393. The van der Waals surface area contributed by atoms with E-state index < -0.39 is 12.1 Å². The Morgan fingerprint density at radius 1 is 1.11 bits per heavy atom. The monoisotopic (exact) mass is 371 g/mol. The van der Waals surface area contributed by atoms with Crippen LogP contribution in [-0.4, -0.2) is 67.1 Å². The molecule has 4 atom stereocenters. The molecule has 0 bridgehead atoms. The van der Waals surface area contributed by atoms with Crippen LogP contribution in [-0.2, 0) is 9.47 Å². The summed E-state index contributed by atoms with van der Waals surface area (Å²) >= 11 is 0. The molecule has 0 aliphatic carbocycles. The molecule has 2 heterocycles. The third-order valence-electron chi connectivity index (χ3n) is 5.24. The number of amides is 2. The molecule has 2 amide bonds. The Morgan fingerprint density at radius 3 is 2.37 bits per heavy atom. The zero-order valence-corrected chi connectivity index (χ0v) is 15.7. The van der Waals surface area contributed by atoms with Crippen LogP contribution in [0, 0.1) is 0 Å². The summed E-state index contributed by atoms with van der Waals surface area (Å²) in [6, 6.07) is 6.26. The maximum absolute atomic E-state index is 12.3. The Bertz CT molecular complexity index is 647. The minimum absolute atomic E-state index is 0.163. The molecule has 7 heteroatoms. The van der Waals surface area contributed by atoms with Gasteiger partial charge in [-0.2, -0.15) is 0 Å². The fraction of sp³-hybridized carbons (Fsp3) is 0.600. The predicted octanol–water partition coefficient (Wildman–Crippen LogP) is 1.89. The minimum Gasteiger partial charge on any atom is -0.388 e. The molecule has 1 saturated heterocycles. The van der Waals surface area contributed by atoms with E-state index in [-0.39, 0.29) is 24.0 Å². The molecular formula is C20H26BNO5. The molecule has 0 spiro atoms. The quantitative estimate of drug-likeness (QED) is 0.408. The summed E-state index contributed by atoms with van der Waals surface area (Å²) in [6.45, 7) is 2.95. The van der Waals surface area contributed by atoms with Gasteiger partial charge in [0.05, 0.1) is 17.2 Å². The molecule has 2 aliphatic heterocycles. The molecule has 0 aromatic heterocycles. The Labute approximate surface area is 161 Å². The Morgan fingerprint density at radius 2 is 1.74 bits per heavy atom. The number of rotatable bonds is 9. The van der Waals surface area contributed by atoms with Crippen molar-refractivity contribution < 1.29 is 24.2 Å². The normalized spacial score (nSPS) is 27.4. The second-order valence-electron chi connectivity index (χ2n) is 7.10. The SMILES string of the molecule is [B][C@@H]1O[C@H](CC)[C@H](OCCCCCCN2C(=O)c3ccccc3C2=O)C1O. The van der Waals surface area contributed by atoms with Crippen molar-refractivity contribution in [1.82, 2.24) is 4.90 Å². The van der Waals surface area contributed by atoms with E-state index in [1.54, 1.807) is 24.3 Å². The fourth-order valence-corrected chi connectivity index (χ4v) is 3.69. The van der Waals surface area contributed by atoms with E-state index in [0.717, 1.165) is 32.1 Å². The van der Waals surface area contributed by atoms with Gasteiger partial charge in [0.1, 0.15) is 20.1 Å². The summed E-state index contributed by atoms with van der Waals surface area (Å²) in [5.74, 6) is -0.396. The molecule has 27 heavy (non-hydrogen) atoms. The third kappa shape index (κ3) is 4.26. The van der Waals surface area contributed by atoms with Crippen molar-refractivity contribution in [1.29, 1.82) is 0 Å². The van der Waals surface area contributed by atoms with Gasteiger partial charge in [-0.05, 0) is 31.4 Å². The average Bonchev–Trinajstić information content (AvgIpc) is 3.09. The minimum atomic E-state index is -0.788. The summed E-state index contributed by atoms with van der Waals surface area (Å²) in [7, 11) is 5.71. The van der Waals surface area contributed by atoms with Crippen LogP contribution in [0.4, 0.5) is 0 Å². The first-order valence-electron chi connectivity index (χ1n) is 9.70. The number of carbonyl (C=O) groups is 2. The second-order valence-corrected chi connectivity index (χ2v) is 7.10. The highest BCUT2D eigenvalue weighted by Crippen LogP contribution is 2.25. The van der Waals surface area contributed by atoms with Gasteiger partial charge in [0, 0.05) is 19.2 Å². The topological polar surface area (TPSA) is 76.1 Å². The van der Waals surface area contributed by atoms with Crippen molar-refractivity contribution in [3.8, 4) is 0 Å². The van der Waals surface area contributed by atoms with Gasteiger partial charge in [0.2, 0.25) is 0 Å². The highest BCUT2D eigenvalue weighted by molar-refractivity contribution is 6.21. The standard InChI is InChI=1S/C20H26BNO5/c1-2-15-17(16(23)18(21)27-15)26-12-8-4-3-7-11-22-19(24)13-9-5-6-10-14(13)20(22)25/h5-6,9-10,15-18,23H,2-4,7-8,11-12H2,1H3/t15-,16?,17+,18-/m1/s1. The van der Waals surface area contributed by atoms with Gasteiger partial charge in [-0.15, -0.1) is 0 Å². The van der Waals surface area contributed by atoms with Gasteiger partial charge >= 0.3 is 0 Å². The number of carbonyl (C=O) groups excluding carboxylic acids is 2. The van der Waals surface area contributed by atoms with E-state index in [0.29, 0.717) is 24.3 Å². The van der Waals surface area contributed by atoms with E-state index in [1.807, 2.05) is 6.92 Å². The van der Waals surface area contributed by atoms with Gasteiger partial charge in [0.25, 0.3) is 11.8 Å². The molecule has 6 nitrogen and oxygen atoms in total. The first-order chi connectivity index (χ1) is 13.0. The summed E-state index contributed by atoms with van der Waals surface area (Å²) in [5, 5.41) is 10.0. The summed E-state index contributed by atoms with van der Waals surface area (Å²) in [6.07, 6.45) is 2.86. The molecule has 3 rings (SSSR count). The van der Waals surface area contributed by atoms with Crippen LogP contribution in [0.5, 0.6) is 0 Å². The number of aliphatic hydroxyl groups is 1. The summed E-state index contributed by atoms with van der Waals surface area (Å²) in [4.78, 5) is 25.9. The number of hydrogen-bond acceptors (Lipinski definition) is 5. The van der Waals surface area contributed by atoms with Crippen LogP contribution in [0.15, 0.2) is 24.3 Å². The van der Waals surface area contributed by atoms with Gasteiger partial charge in [-0.25, -0.2) is 0 Å². The molecular weight excluding hydrogens is 345 g/mol. The molecule has 1 aromatic rings. The van der Waals surface area contributed by atoms with Crippen molar-refractivity contribution in [2.24, 2.45) is 0 Å². The van der Waals surface area contributed by atoms with Gasteiger partial charge in [-0.3, -0.25) is 14.5 Å². The van der Waals surface area contributed by atoms with E-state index in [4.69, 9.17) is 17.3 Å². The first-order valence-corrected chi connectivity index (χ1v) is 9.70. The van der Waals surface area contributed by atoms with Crippen LogP contribution in [0.25, 0.3) is 0 Å². The van der Waals surface area contributed by atoms with Crippen molar-refractivity contribution in [3.63, 3.8) is 0 Å². The van der Waals surface area contributed by atoms with E-state index in [9.17, 15) is 14.7 Å². The molecule has 2 aliphatic rings. The number of aliphatic hydroxyl groups excluding tert-OH is 1. The molecule has 1 N–H and O–H groups in total. The van der Waals surface area contributed by atoms with Crippen molar-refractivity contribution in [3.05, 3.63) is 35.4 Å². The Hall–Kier alpha value is -1.70. The first kappa shape index (κ1) is 20.0. The smallest absolute Gasteiger partial charge is 0.261 e. The van der Waals surface area contributed by atoms with Crippen LogP contribution < -0.4 is 0 Å². The van der Waals surface area contributed by atoms with Crippen LogP contribution >= 0.6 is 0 Å². The van der Waals surface area contributed by atoms with Crippen molar-refractivity contribution in [2.75, 3.05) is 13.2 Å². The van der Waals surface area contributed by atoms with Gasteiger partial charge in [-0.1, -0.05) is 31.9 Å². The average molecular weight is 371 g/mol. The van der Waals surface area contributed by atoms with E-state index in [1.165, 1.54) is 4.90 Å². The lowest BCUT2D eigenvalue weighted by atomic mass is 9.93. The molecule has 144 valence electrons. The van der Waals surface area contributed by atoms with Crippen molar-refractivity contribution >= 4 is 19.7 Å². The van der Waals surface area contributed by atoms with E-state index in [2.05, 4.69) is 0 Å². The fourth-order valence-electron chi connectivity index (χ4n) is 3.69.